The lowest BCUT2D eigenvalue weighted by molar-refractivity contribution is -0.615. The van der Waals surface area contributed by atoms with Crippen LogP contribution in [0.2, 0.25) is 5.02 Å². The summed E-state index contributed by atoms with van der Waals surface area (Å²) in [6.07, 6.45) is 3.95. The monoisotopic (exact) mass is 390 g/mol. The third-order valence-corrected chi connectivity index (χ3v) is 5.21. The number of nitrogens with zero attached hydrogens (tertiary/aromatic N) is 2. The van der Waals surface area contributed by atoms with Crippen molar-refractivity contribution >= 4 is 21.4 Å². The number of aromatic nitrogens is 2. The summed E-state index contributed by atoms with van der Waals surface area (Å²) in [5.41, 5.74) is 2.67. The fourth-order valence-corrected chi connectivity index (χ4v) is 3.33. The molecule has 1 N–H and O–H groups in total. The number of hydrogen-bond acceptors (Lipinski definition) is 5. The Balaban J connectivity index is 2.14. The third-order valence-electron chi connectivity index (χ3n) is 3.88. The van der Waals surface area contributed by atoms with E-state index < -0.39 is 9.84 Å². The maximum atomic E-state index is 12.0. The van der Waals surface area contributed by atoms with E-state index in [9.17, 15) is 13.6 Å². The molecule has 0 saturated heterocycles. The Bertz CT molecular complexity index is 1070. The van der Waals surface area contributed by atoms with E-state index >= 15 is 0 Å². The van der Waals surface area contributed by atoms with E-state index in [1.807, 2.05) is 0 Å². The van der Waals surface area contributed by atoms with E-state index in [0.717, 1.165) is 6.26 Å². The molecule has 134 valence electrons. The molecule has 26 heavy (non-hydrogen) atoms. The summed E-state index contributed by atoms with van der Waals surface area (Å²) in [7, 11) is -3.30. The van der Waals surface area contributed by atoms with E-state index in [2.05, 4.69) is 4.98 Å². The topological polar surface area (TPSA) is 94.2 Å². The maximum absolute atomic E-state index is 12.0. The summed E-state index contributed by atoms with van der Waals surface area (Å²) in [4.78, 5) is 4.54. The first kappa shape index (κ1) is 18.3. The van der Waals surface area contributed by atoms with Crippen molar-refractivity contribution in [3.8, 4) is 22.4 Å². The lowest BCUT2D eigenvalue weighted by atomic mass is 10.0. The van der Waals surface area contributed by atoms with Gasteiger partial charge in [0.05, 0.1) is 21.2 Å². The van der Waals surface area contributed by atoms with Crippen LogP contribution in [0.4, 0.5) is 0 Å². The van der Waals surface area contributed by atoms with Gasteiger partial charge < -0.3 is 10.3 Å². The molecule has 2 heterocycles. The van der Waals surface area contributed by atoms with E-state index in [4.69, 9.17) is 16.7 Å². The Hall–Kier alpha value is -2.48. The van der Waals surface area contributed by atoms with Crippen LogP contribution in [0, 0.1) is 5.21 Å². The van der Waals surface area contributed by atoms with Crippen LogP contribution in [0.15, 0.2) is 59.8 Å². The zero-order chi connectivity index (χ0) is 18.9. The summed E-state index contributed by atoms with van der Waals surface area (Å²) >= 11 is 6.08. The molecular formula is C18H15ClN2O4S. The molecule has 0 aliphatic rings. The molecule has 0 spiro atoms. The molecule has 3 aromatic rings. The van der Waals surface area contributed by atoms with Crippen LogP contribution < -0.4 is 4.73 Å². The molecular weight excluding hydrogens is 376 g/mol. The van der Waals surface area contributed by atoms with Crippen LogP contribution >= 0.6 is 11.6 Å². The summed E-state index contributed by atoms with van der Waals surface area (Å²) in [6.45, 7) is -0.363. The molecule has 6 nitrogen and oxygen atoms in total. The molecule has 0 amide bonds. The number of benzene rings is 1. The van der Waals surface area contributed by atoms with Gasteiger partial charge in [0.2, 0.25) is 5.69 Å². The first-order valence-electron chi connectivity index (χ1n) is 7.59. The number of rotatable bonds is 4. The van der Waals surface area contributed by atoms with Crippen LogP contribution in [-0.4, -0.2) is 24.8 Å². The average molecular weight is 391 g/mol. The largest absolute Gasteiger partial charge is 0.618 e. The first-order chi connectivity index (χ1) is 12.3. The molecule has 2 aromatic heterocycles. The molecule has 0 bridgehead atoms. The van der Waals surface area contributed by atoms with Crippen LogP contribution in [0.25, 0.3) is 22.4 Å². The number of sulfone groups is 1. The molecule has 8 heteroatoms. The fourth-order valence-electron chi connectivity index (χ4n) is 2.55. The highest BCUT2D eigenvalue weighted by molar-refractivity contribution is 7.90. The van der Waals surface area contributed by atoms with E-state index in [-0.39, 0.29) is 17.2 Å². The van der Waals surface area contributed by atoms with Crippen molar-refractivity contribution in [3.63, 3.8) is 0 Å². The third kappa shape index (κ3) is 3.70. The van der Waals surface area contributed by atoms with Crippen molar-refractivity contribution in [1.29, 1.82) is 0 Å². The lowest BCUT2D eigenvalue weighted by Gasteiger charge is -2.11. The zero-order valence-corrected chi connectivity index (χ0v) is 15.3. The molecule has 3 rings (SSSR count). The number of halogens is 1. The maximum Gasteiger partial charge on any atom is 0.218 e. The Morgan fingerprint density at radius 2 is 1.81 bits per heavy atom. The van der Waals surface area contributed by atoms with Gasteiger partial charge in [-0.25, -0.2) is 8.42 Å². The molecule has 0 radical (unpaired) electrons. The molecule has 0 aliphatic carbocycles. The standard InChI is InChI=1S/C18H15ClN2O4S/c1-26(24,25)16-6-3-12(4-7-16)17-8-14(19)9-20-18(17)13-2-5-15(11-22)21(23)10-13/h2-10,22H,11H2,1H3. The van der Waals surface area contributed by atoms with Crippen LogP contribution in [0.1, 0.15) is 5.69 Å². The first-order valence-corrected chi connectivity index (χ1v) is 9.86. The Kier molecular flexibility index (Phi) is 4.95. The molecule has 0 fully saturated rings. The van der Waals surface area contributed by atoms with E-state index in [1.54, 1.807) is 24.3 Å². The van der Waals surface area contributed by atoms with Gasteiger partial charge in [-0.05, 0) is 29.8 Å². The van der Waals surface area contributed by atoms with Crippen molar-refractivity contribution in [2.24, 2.45) is 0 Å². The zero-order valence-electron chi connectivity index (χ0n) is 13.8. The Morgan fingerprint density at radius 1 is 1.15 bits per heavy atom. The van der Waals surface area contributed by atoms with Gasteiger partial charge in [0, 0.05) is 24.1 Å². The van der Waals surface area contributed by atoms with Crippen LogP contribution in [-0.2, 0) is 16.4 Å². The predicted octanol–water partition coefficient (Wildman–Crippen LogP) is 2.60. The van der Waals surface area contributed by atoms with Gasteiger partial charge in [-0.3, -0.25) is 4.98 Å². The van der Waals surface area contributed by atoms with Gasteiger partial charge in [0.1, 0.15) is 6.61 Å². The second kappa shape index (κ2) is 7.03. The van der Waals surface area contributed by atoms with Crippen molar-refractivity contribution in [2.75, 3.05) is 6.26 Å². The summed E-state index contributed by atoms with van der Waals surface area (Å²) in [6, 6.07) is 11.3. The summed E-state index contributed by atoms with van der Waals surface area (Å²) in [5.74, 6) is 0. The average Bonchev–Trinajstić information content (AvgIpc) is 2.61. The quantitative estimate of drug-likeness (QED) is 0.545. The normalized spacial score (nSPS) is 11.5. The summed E-state index contributed by atoms with van der Waals surface area (Å²) < 4.78 is 23.8. The summed E-state index contributed by atoms with van der Waals surface area (Å²) in [5, 5.41) is 21.5. The number of aliphatic hydroxyl groups is 1. The van der Waals surface area contributed by atoms with Crippen molar-refractivity contribution < 1.29 is 18.3 Å². The van der Waals surface area contributed by atoms with Gasteiger partial charge in [-0.1, -0.05) is 23.7 Å². The minimum Gasteiger partial charge on any atom is -0.618 e. The SMILES string of the molecule is CS(=O)(=O)c1ccc(-c2cc(Cl)cnc2-c2ccc(CO)[n+]([O-])c2)cc1. The second-order valence-corrected chi connectivity index (χ2v) is 8.19. The molecule has 0 unspecified atom stereocenters. The lowest BCUT2D eigenvalue weighted by Crippen LogP contribution is -2.31. The predicted molar refractivity (Wildman–Crippen MR) is 98.1 cm³/mol. The van der Waals surface area contributed by atoms with E-state index in [0.29, 0.717) is 32.1 Å². The second-order valence-electron chi connectivity index (χ2n) is 5.74. The van der Waals surface area contributed by atoms with Crippen LogP contribution in [0.3, 0.4) is 0 Å². The van der Waals surface area contributed by atoms with E-state index in [1.165, 1.54) is 30.6 Å². The highest BCUT2D eigenvalue weighted by atomic mass is 35.5. The van der Waals surface area contributed by atoms with Crippen LogP contribution in [0.5, 0.6) is 0 Å². The molecule has 0 aliphatic heterocycles. The molecule has 0 atom stereocenters. The van der Waals surface area contributed by atoms with Crippen molar-refractivity contribution in [2.45, 2.75) is 11.5 Å². The van der Waals surface area contributed by atoms with Gasteiger partial charge in [0.25, 0.3) is 0 Å². The number of hydrogen-bond donors (Lipinski definition) is 1. The Morgan fingerprint density at radius 3 is 2.38 bits per heavy atom. The minimum atomic E-state index is -3.30. The van der Waals surface area contributed by atoms with Crippen molar-refractivity contribution in [1.82, 2.24) is 4.98 Å². The van der Waals surface area contributed by atoms with Gasteiger partial charge in [-0.15, -0.1) is 0 Å². The number of pyridine rings is 2. The number of aliphatic hydroxyl groups excluding tert-OH is 1. The van der Waals surface area contributed by atoms with Gasteiger partial charge >= 0.3 is 0 Å². The highest BCUT2D eigenvalue weighted by Gasteiger charge is 2.15. The highest BCUT2D eigenvalue weighted by Crippen LogP contribution is 2.32. The fraction of sp³-hybridized carbons (Fsp3) is 0.111. The molecule has 0 saturated carbocycles. The molecule has 1 aromatic carbocycles. The smallest absolute Gasteiger partial charge is 0.218 e. The van der Waals surface area contributed by atoms with Gasteiger partial charge in [0.15, 0.2) is 16.0 Å². The van der Waals surface area contributed by atoms with Gasteiger partial charge in [-0.2, -0.15) is 4.73 Å². The Labute approximate surface area is 155 Å². The van der Waals surface area contributed by atoms with Crippen molar-refractivity contribution in [3.05, 3.63) is 70.8 Å². The minimum absolute atomic E-state index is 0.211.